The molecule has 0 spiro atoms. The second kappa shape index (κ2) is 9.40. The lowest BCUT2D eigenvalue weighted by atomic mass is 10.2. The van der Waals surface area contributed by atoms with Crippen LogP contribution in [-0.2, 0) is 4.84 Å². The lowest BCUT2D eigenvalue weighted by Gasteiger charge is -2.30. The molecule has 4 heterocycles. The van der Waals surface area contributed by atoms with E-state index in [1.165, 1.54) is 12.0 Å². The first-order valence-electron chi connectivity index (χ1n) is 11.5. The van der Waals surface area contributed by atoms with E-state index in [1.807, 2.05) is 47.4 Å². The Labute approximate surface area is 207 Å². The second-order valence-corrected chi connectivity index (χ2v) is 8.74. The molecule has 2 aliphatic rings. The van der Waals surface area contributed by atoms with E-state index >= 15 is 0 Å². The normalized spacial score (nSPS) is 17.9. The number of nitrogens with zero attached hydrogens (tertiary/aromatic N) is 5. The molecule has 4 aromatic rings. The van der Waals surface area contributed by atoms with Crippen molar-refractivity contribution in [1.82, 2.24) is 15.3 Å². The summed E-state index contributed by atoms with van der Waals surface area (Å²) in [6, 6.07) is 21.6. The first-order valence-corrected chi connectivity index (χ1v) is 11.8. The average molecular weight is 487 g/mol. The molecule has 0 aliphatic carbocycles. The van der Waals surface area contributed by atoms with Gasteiger partial charge in [0.1, 0.15) is 17.8 Å². The average Bonchev–Trinajstić information content (AvgIpc) is 3.58. The number of anilines is 2. The first kappa shape index (κ1) is 21.6. The molecular weight excluding hydrogens is 464 g/mol. The molecular formula is C26H23ClN6O2. The Kier molecular flexibility index (Phi) is 5.81. The molecule has 35 heavy (non-hydrogen) atoms. The van der Waals surface area contributed by atoms with Crippen LogP contribution in [0.25, 0.3) is 11.3 Å². The minimum absolute atomic E-state index is 0.540. The molecule has 1 N–H and O–H groups in total. The molecule has 2 aliphatic heterocycles. The molecule has 176 valence electrons. The van der Waals surface area contributed by atoms with Crippen LogP contribution in [-0.4, -0.2) is 42.0 Å². The van der Waals surface area contributed by atoms with Gasteiger partial charge in [-0.25, -0.2) is 9.97 Å². The maximum Gasteiger partial charge on any atom is 0.248 e. The molecule has 0 radical (unpaired) electrons. The highest BCUT2D eigenvalue weighted by Crippen LogP contribution is 2.36. The number of benzene rings is 2. The highest BCUT2D eigenvalue weighted by atomic mass is 35.5. The largest absolute Gasteiger partial charge is 0.453 e. The fraction of sp³-hybridized carbons (Fsp3) is 0.192. The number of aromatic nitrogens is 2. The van der Waals surface area contributed by atoms with Crippen molar-refractivity contribution >= 4 is 28.8 Å². The molecule has 2 aromatic heterocycles. The van der Waals surface area contributed by atoms with Gasteiger partial charge in [0.25, 0.3) is 0 Å². The Bertz CT molecular complexity index is 1320. The molecule has 1 fully saturated rings. The van der Waals surface area contributed by atoms with Crippen LogP contribution < -0.4 is 15.1 Å². The predicted octanol–water partition coefficient (Wildman–Crippen LogP) is 4.70. The summed E-state index contributed by atoms with van der Waals surface area (Å²) in [5, 5.41) is 8.48. The standard InChI is InChI=1S/C26H23ClN6O2/c27-19-3-1-18(2-4-19)23-9-10-24(34-23)25-31-35-26(22-11-12-29-17-30-22)33(25)21-7-5-20(6-8-21)32-15-13-28-14-16-32/h1-12,17,26,28H,13-16H2. The molecule has 6 rings (SSSR count). The van der Waals surface area contributed by atoms with Gasteiger partial charge in [-0.15, -0.1) is 0 Å². The number of halogens is 1. The fourth-order valence-corrected chi connectivity index (χ4v) is 4.46. The van der Waals surface area contributed by atoms with Crippen LogP contribution in [0, 0.1) is 0 Å². The number of amidine groups is 1. The minimum atomic E-state index is -0.540. The summed E-state index contributed by atoms with van der Waals surface area (Å²) < 4.78 is 6.20. The summed E-state index contributed by atoms with van der Waals surface area (Å²) in [5.74, 6) is 1.89. The Morgan fingerprint density at radius 3 is 2.34 bits per heavy atom. The summed E-state index contributed by atoms with van der Waals surface area (Å²) in [7, 11) is 0. The third kappa shape index (κ3) is 4.34. The molecule has 1 saturated heterocycles. The summed E-state index contributed by atoms with van der Waals surface area (Å²) in [6.45, 7) is 3.95. The van der Waals surface area contributed by atoms with Gasteiger partial charge in [0, 0.05) is 54.3 Å². The summed E-state index contributed by atoms with van der Waals surface area (Å²) in [4.78, 5) is 18.7. The van der Waals surface area contributed by atoms with Crippen molar-refractivity contribution in [1.29, 1.82) is 0 Å². The van der Waals surface area contributed by atoms with E-state index in [9.17, 15) is 0 Å². The van der Waals surface area contributed by atoms with Gasteiger partial charge >= 0.3 is 0 Å². The third-order valence-corrected chi connectivity index (χ3v) is 6.38. The van der Waals surface area contributed by atoms with Crippen molar-refractivity contribution in [3.05, 3.63) is 95.7 Å². The zero-order valence-electron chi connectivity index (χ0n) is 18.8. The number of hydrogen-bond donors (Lipinski definition) is 1. The van der Waals surface area contributed by atoms with Crippen molar-refractivity contribution in [3.8, 4) is 11.3 Å². The Hall–Kier alpha value is -3.88. The van der Waals surface area contributed by atoms with E-state index in [0.29, 0.717) is 22.3 Å². The van der Waals surface area contributed by atoms with Crippen LogP contribution in [0.4, 0.5) is 11.4 Å². The quantitative estimate of drug-likeness (QED) is 0.438. The van der Waals surface area contributed by atoms with E-state index in [1.54, 1.807) is 6.20 Å². The maximum atomic E-state index is 6.20. The predicted molar refractivity (Wildman–Crippen MR) is 136 cm³/mol. The molecule has 9 heteroatoms. The maximum absolute atomic E-state index is 6.20. The van der Waals surface area contributed by atoms with Gasteiger partial charge in [0.2, 0.25) is 12.1 Å². The Morgan fingerprint density at radius 1 is 0.857 bits per heavy atom. The number of piperazine rings is 1. The lowest BCUT2D eigenvalue weighted by Crippen LogP contribution is -2.43. The van der Waals surface area contributed by atoms with E-state index in [4.69, 9.17) is 20.9 Å². The third-order valence-electron chi connectivity index (χ3n) is 6.12. The van der Waals surface area contributed by atoms with Crippen LogP contribution >= 0.6 is 11.6 Å². The molecule has 0 amide bonds. The number of furan rings is 1. The zero-order valence-corrected chi connectivity index (χ0v) is 19.6. The van der Waals surface area contributed by atoms with Crippen LogP contribution in [0.2, 0.25) is 5.02 Å². The van der Waals surface area contributed by atoms with E-state index in [-0.39, 0.29) is 0 Å². The lowest BCUT2D eigenvalue weighted by molar-refractivity contribution is 0.0835. The van der Waals surface area contributed by atoms with Crippen LogP contribution in [0.1, 0.15) is 17.7 Å². The van der Waals surface area contributed by atoms with Crippen LogP contribution in [0.3, 0.4) is 0 Å². The van der Waals surface area contributed by atoms with Gasteiger partial charge in [-0.05, 0) is 66.7 Å². The monoisotopic (exact) mass is 486 g/mol. The highest BCUT2D eigenvalue weighted by molar-refractivity contribution is 6.30. The first-order chi connectivity index (χ1) is 17.3. The second-order valence-electron chi connectivity index (χ2n) is 8.30. The van der Waals surface area contributed by atoms with Gasteiger partial charge in [0.15, 0.2) is 5.76 Å². The number of oxime groups is 1. The number of rotatable bonds is 5. The minimum Gasteiger partial charge on any atom is -0.453 e. The summed E-state index contributed by atoms with van der Waals surface area (Å²) in [6.07, 6.45) is 2.66. The molecule has 2 aromatic carbocycles. The smallest absolute Gasteiger partial charge is 0.248 e. The molecule has 1 atom stereocenters. The van der Waals surface area contributed by atoms with E-state index in [2.05, 4.69) is 49.6 Å². The Morgan fingerprint density at radius 2 is 1.60 bits per heavy atom. The summed E-state index contributed by atoms with van der Waals surface area (Å²) in [5.41, 5.74) is 3.75. The number of hydrogen-bond acceptors (Lipinski definition) is 8. The van der Waals surface area contributed by atoms with Gasteiger partial charge < -0.3 is 19.5 Å². The van der Waals surface area contributed by atoms with Gasteiger partial charge in [-0.2, -0.15) is 0 Å². The van der Waals surface area contributed by atoms with Gasteiger partial charge in [-0.1, -0.05) is 16.8 Å². The molecule has 1 unspecified atom stereocenters. The Balaban J connectivity index is 1.34. The van der Waals surface area contributed by atoms with E-state index < -0.39 is 6.23 Å². The molecule has 0 saturated carbocycles. The zero-order chi connectivity index (χ0) is 23.6. The number of nitrogens with one attached hydrogen (secondary N) is 1. The fourth-order valence-electron chi connectivity index (χ4n) is 4.33. The van der Waals surface area contributed by atoms with Crippen molar-refractivity contribution in [2.75, 3.05) is 36.0 Å². The van der Waals surface area contributed by atoms with Gasteiger partial charge in [-0.3, -0.25) is 4.90 Å². The van der Waals surface area contributed by atoms with Crippen molar-refractivity contribution in [2.45, 2.75) is 6.23 Å². The van der Waals surface area contributed by atoms with Crippen molar-refractivity contribution in [3.63, 3.8) is 0 Å². The highest BCUT2D eigenvalue weighted by Gasteiger charge is 2.36. The van der Waals surface area contributed by atoms with Crippen molar-refractivity contribution < 1.29 is 9.25 Å². The molecule has 0 bridgehead atoms. The van der Waals surface area contributed by atoms with Crippen molar-refractivity contribution in [2.24, 2.45) is 5.16 Å². The van der Waals surface area contributed by atoms with E-state index in [0.717, 1.165) is 43.2 Å². The SMILES string of the molecule is Clc1ccc(-c2ccc(C3=NOC(c4ccncn4)N3c3ccc(N4CCNCC4)cc3)o2)cc1. The topological polar surface area (TPSA) is 79.0 Å². The molecule has 8 nitrogen and oxygen atoms in total. The summed E-state index contributed by atoms with van der Waals surface area (Å²) >= 11 is 6.04. The van der Waals surface area contributed by atoms with Crippen LogP contribution in [0.15, 0.2) is 88.8 Å². The van der Waals surface area contributed by atoms with Gasteiger partial charge in [0.05, 0.1) is 0 Å². The van der Waals surface area contributed by atoms with Crippen LogP contribution in [0.5, 0.6) is 0 Å².